The Balaban J connectivity index is 0.000000541. The maximum atomic E-state index is 13.4. The van der Waals surface area contributed by atoms with E-state index in [1.54, 1.807) is 17.2 Å². The molecule has 5 rings (SSSR count). The van der Waals surface area contributed by atoms with Crippen molar-refractivity contribution in [2.75, 3.05) is 13.2 Å². The van der Waals surface area contributed by atoms with Crippen molar-refractivity contribution in [3.8, 4) is 11.8 Å². The fourth-order valence-corrected chi connectivity index (χ4v) is 5.11. The molecule has 10 nitrogen and oxygen atoms in total. The first-order valence-corrected chi connectivity index (χ1v) is 13.4. The number of hydrogen-bond donors (Lipinski definition) is 1. The molecule has 1 aromatic heterocycles. The molecule has 2 aromatic carbocycles. The summed E-state index contributed by atoms with van der Waals surface area (Å²) in [5.74, 6) is -3.18. The minimum Gasteiger partial charge on any atom is -0.475 e. The minimum absolute atomic E-state index is 0.214. The molecule has 2 aliphatic rings. The van der Waals surface area contributed by atoms with Gasteiger partial charge in [-0.25, -0.2) is 14.4 Å². The van der Waals surface area contributed by atoms with Gasteiger partial charge in [-0.2, -0.15) is 18.4 Å². The van der Waals surface area contributed by atoms with Gasteiger partial charge in [-0.1, -0.05) is 30.3 Å². The van der Waals surface area contributed by atoms with Gasteiger partial charge in [0.2, 0.25) is 0 Å². The van der Waals surface area contributed by atoms with Crippen LogP contribution in [0.25, 0.3) is 16.6 Å². The molecule has 1 unspecified atom stereocenters. The molecule has 1 N–H and O–H groups in total. The zero-order chi connectivity index (χ0) is 31.5. The summed E-state index contributed by atoms with van der Waals surface area (Å²) < 4.78 is 50.9. The number of fused-ring (bicyclic) bond motifs is 3. The van der Waals surface area contributed by atoms with Gasteiger partial charge in [-0.3, -0.25) is 4.90 Å². The van der Waals surface area contributed by atoms with E-state index in [4.69, 9.17) is 24.1 Å². The zero-order valence-corrected chi connectivity index (χ0v) is 23.6. The van der Waals surface area contributed by atoms with Gasteiger partial charge in [-0.15, -0.1) is 0 Å². The van der Waals surface area contributed by atoms with Gasteiger partial charge in [0.15, 0.2) is 0 Å². The molecular formula is C30H30F3N3O7. The largest absolute Gasteiger partial charge is 0.490 e. The summed E-state index contributed by atoms with van der Waals surface area (Å²) in [5.41, 5.74) is 1.88. The molecule has 228 valence electrons. The molecule has 1 amide bonds. The predicted octanol–water partition coefficient (Wildman–Crippen LogP) is 5.46. The summed E-state index contributed by atoms with van der Waals surface area (Å²) in [6.45, 7) is 6.30. The van der Waals surface area contributed by atoms with Crippen molar-refractivity contribution in [2.24, 2.45) is 0 Å². The van der Waals surface area contributed by atoms with E-state index in [1.807, 2.05) is 67.8 Å². The van der Waals surface area contributed by atoms with Crippen LogP contribution >= 0.6 is 0 Å². The summed E-state index contributed by atoms with van der Waals surface area (Å²) in [4.78, 5) is 36.9. The molecule has 13 heteroatoms. The van der Waals surface area contributed by atoms with Gasteiger partial charge < -0.3 is 23.9 Å². The van der Waals surface area contributed by atoms with Gasteiger partial charge in [0.05, 0.1) is 47.6 Å². The number of hydrogen-bond acceptors (Lipinski definition) is 7. The molecule has 2 saturated heterocycles. The van der Waals surface area contributed by atoms with E-state index < -0.39 is 23.7 Å². The molecule has 2 fully saturated rings. The Morgan fingerprint density at radius 1 is 1.00 bits per heavy atom. The Morgan fingerprint density at radius 2 is 1.58 bits per heavy atom. The van der Waals surface area contributed by atoms with Crippen molar-refractivity contribution < 1.29 is 46.9 Å². The number of alkyl halides is 3. The van der Waals surface area contributed by atoms with Gasteiger partial charge in [0.25, 0.3) is 0 Å². The number of carbonyl (C=O) groups excluding carboxylic acids is 2. The quantitative estimate of drug-likeness (QED) is 0.392. The first-order valence-electron chi connectivity index (χ1n) is 13.4. The fourth-order valence-electron chi connectivity index (χ4n) is 5.11. The standard InChI is InChI=1S/C28H29N3O5.C2HF3O2/c1-28(2,3)36-27(33)31-19-12-21(13-20(31)17-34-16-19)35-26(32)23-15-30(25-11-7-5-9-22(23)25)24-10-6-4-8-18(24)14-29;3-2(4,5)1(6)7/h4-11,15,19-21H,12-13,16-17H2,1-3H3;(H,6,7)/t19-,20+,21?;. The Morgan fingerprint density at radius 3 is 2.16 bits per heavy atom. The fraction of sp³-hybridized carbons (Fsp3) is 0.400. The van der Waals surface area contributed by atoms with Gasteiger partial charge >= 0.3 is 24.2 Å². The second-order valence-electron chi connectivity index (χ2n) is 11.1. The first kappa shape index (κ1) is 31.4. The summed E-state index contributed by atoms with van der Waals surface area (Å²) in [6, 6.07) is 16.6. The van der Waals surface area contributed by atoms with Crippen molar-refractivity contribution >= 4 is 28.9 Å². The second-order valence-corrected chi connectivity index (χ2v) is 11.1. The van der Waals surface area contributed by atoms with E-state index in [0.717, 1.165) is 10.9 Å². The number of morpholine rings is 1. The molecule has 0 radical (unpaired) electrons. The summed E-state index contributed by atoms with van der Waals surface area (Å²) in [5, 5.41) is 17.5. The maximum absolute atomic E-state index is 13.4. The number of halogens is 3. The highest BCUT2D eigenvalue weighted by atomic mass is 19.4. The third kappa shape index (κ3) is 7.26. The Hall–Kier alpha value is -4.57. The number of aliphatic carboxylic acids is 1. The van der Waals surface area contributed by atoms with E-state index in [9.17, 15) is 28.0 Å². The van der Waals surface area contributed by atoms with Crippen LogP contribution in [-0.2, 0) is 19.0 Å². The summed E-state index contributed by atoms with van der Waals surface area (Å²) in [7, 11) is 0. The number of aromatic nitrogens is 1. The number of carboxylic acid groups (broad SMARTS) is 1. The third-order valence-electron chi connectivity index (χ3n) is 6.81. The first-order chi connectivity index (χ1) is 20.2. The molecular weight excluding hydrogens is 571 g/mol. The Bertz CT molecular complexity index is 1540. The lowest BCUT2D eigenvalue weighted by Gasteiger charge is -2.47. The van der Waals surface area contributed by atoms with Crippen LogP contribution in [0.15, 0.2) is 54.7 Å². The smallest absolute Gasteiger partial charge is 0.475 e. The van der Waals surface area contributed by atoms with Crippen LogP contribution in [0, 0.1) is 11.3 Å². The molecule has 3 atom stereocenters. The average molecular weight is 602 g/mol. The van der Waals surface area contributed by atoms with Crippen LogP contribution < -0.4 is 0 Å². The monoisotopic (exact) mass is 601 g/mol. The number of carboxylic acids is 1. The van der Waals surface area contributed by atoms with E-state index in [1.165, 1.54) is 0 Å². The summed E-state index contributed by atoms with van der Waals surface area (Å²) in [6.07, 6.45) is -3.08. The number of benzene rings is 2. The van der Waals surface area contributed by atoms with Crippen LogP contribution in [-0.4, -0.2) is 75.8 Å². The molecule has 2 aliphatic heterocycles. The molecule has 2 bridgehead atoms. The van der Waals surface area contributed by atoms with Crippen LogP contribution in [0.3, 0.4) is 0 Å². The second kappa shape index (κ2) is 12.3. The van der Waals surface area contributed by atoms with Crippen LogP contribution in [0.4, 0.5) is 18.0 Å². The van der Waals surface area contributed by atoms with Crippen molar-refractivity contribution in [3.63, 3.8) is 0 Å². The van der Waals surface area contributed by atoms with E-state index in [2.05, 4.69) is 6.07 Å². The normalized spacial score (nSPS) is 19.9. The van der Waals surface area contributed by atoms with Crippen molar-refractivity contribution in [3.05, 3.63) is 65.9 Å². The van der Waals surface area contributed by atoms with E-state index >= 15 is 0 Å². The van der Waals surface area contributed by atoms with Gasteiger partial charge in [-0.05, 0) is 39.0 Å². The summed E-state index contributed by atoms with van der Waals surface area (Å²) >= 11 is 0. The number of para-hydroxylation sites is 2. The number of nitriles is 1. The van der Waals surface area contributed by atoms with Crippen molar-refractivity contribution in [1.82, 2.24) is 9.47 Å². The highest BCUT2D eigenvalue weighted by Crippen LogP contribution is 2.33. The van der Waals surface area contributed by atoms with E-state index in [0.29, 0.717) is 42.9 Å². The minimum atomic E-state index is -5.08. The average Bonchev–Trinajstić information content (AvgIpc) is 3.31. The SMILES string of the molecule is CC(C)(C)OC(=O)N1[C@@H]2COC[C@H]1CC(OC(=O)c1cn(-c3ccccc3C#N)c3ccccc13)C2.O=C(O)C(F)(F)F. The van der Waals surface area contributed by atoms with Crippen LogP contribution in [0.5, 0.6) is 0 Å². The van der Waals surface area contributed by atoms with Crippen molar-refractivity contribution in [2.45, 2.75) is 63.6 Å². The maximum Gasteiger partial charge on any atom is 0.490 e. The molecule has 43 heavy (non-hydrogen) atoms. The number of ether oxygens (including phenoxy) is 3. The molecule has 0 aliphatic carbocycles. The topological polar surface area (TPSA) is 131 Å². The highest BCUT2D eigenvalue weighted by molar-refractivity contribution is 6.05. The van der Waals surface area contributed by atoms with Crippen LogP contribution in [0.2, 0.25) is 0 Å². The predicted molar refractivity (Wildman–Crippen MR) is 147 cm³/mol. The lowest BCUT2D eigenvalue weighted by atomic mass is 9.92. The van der Waals surface area contributed by atoms with Crippen molar-refractivity contribution in [1.29, 1.82) is 5.26 Å². The third-order valence-corrected chi connectivity index (χ3v) is 6.81. The number of esters is 1. The number of amides is 1. The van der Waals surface area contributed by atoms with Crippen LogP contribution in [0.1, 0.15) is 49.5 Å². The molecule has 0 saturated carbocycles. The lowest BCUT2D eigenvalue weighted by molar-refractivity contribution is -0.192. The zero-order valence-electron chi connectivity index (χ0n) is 23.6. The van der Waals surface area contributed by atoms with E-state index in [-0.39, 0.29) is 24.3 Å². The Kier molecular flexibility index (Phi) is 9.01. The lowest BCUT2D eigenvalue weighted by Crippen LogP contribution is -2.61. The number of rotatable bonds is 3. The highest BCUT2D eigenvalue weighted by Gasteiger charge is 2.44. The Labute approximate surface area is 245 Å². The molecule has 0 spiro atoms. The number of piperidine rings is 1. The van der Waals surface area contributed by atoms with Gasteiger partial charge in [0, 0.05) is 24.4 Å². The number of carbonyl (C=O) groups is 3. The molecule has 3 aromatic rings. The molecule has 3 heterocycles. The number of nitrogens with zero attached hydrogens (tertiary/aromatic N) is 3. The van der Waals surface area contributed by atoms with Gasteiger partial charge in [0.1, 0.15) is 17.8 Å².